The van der Waals surface area contributed by atoms with E-state index in [1.165, 1.54) is 19.3 Å². The van der Waals surface area contributed by atoms with Crippen LogP contribution in [-0.2, 0) is 4.79 Å². The van der Waals surface area contributed by atoms with Gasteiger partial charge in [-0.15, -0.1) is 0 Å². The molecule has 0 radical (unpaired) electrons. The van der Waals surface area contributed by atoms with Crippen LogP contribution in [0.1, 0.15) is 44.1 Å². The summed E-state index contributed by atoms with van der Waals surface area (Å²) in [6.45, 7) is 2.57. The van der Waals surface area contributed by atoms with E-state index in [1.807, 2.05) is 25.1 Å². The number of benzene rings is 1. The molecule has 0 atom stereocenters. The summed E-state index contributed by atoms with van der Waals surface area (Å²) in [6, 6.07) is 5.64. The number of halogens is 1. The number of hydrogen-bond acceptors (Lipinski definition) is 2. The molecule has 3 N–H and O–H groups in total. The van der Waals surface area contributed by atoms with Gasteiger partial charge in [0.1, 0.15) is 0 Å². The molecular weight excluding hydrogens is 272 g/mol. The molecule has 110 valence electrons. The average molecular weight is 295 g/mol. The van der Waals surface area contributed by atoms with Crippen molar-refractivity contribution in [1.82, 2.24) is 0 Å². The van der Waals surface area contributed by atoms with Gasteiger partial charge in [-0.3, -0.25) is 4.79 Å². The number of aryl methyl sites for hydroxylation is 1. The van der Waals surface area contributed by atoms with Crippen LogP contribution in [0.5, 0.6) is 0 Å². The summed E-state index contributed by atoms with van der Waals surface area (Å²) in [5, 5.41) is 3.51. The molecule has 0 saturated heterocycles. The van der Waals surface area contributed by atoms with Crippen molar-refractivity contribution in [3.8, 4) is 0 Å². The lowest BCUT2D eigenvalue weighted by atomic mass is 9.71. The van der Waals surface area contributed by atoms with Gasteiger partial charge in [-0.1, -0.05) is 36.9 Å². The summed E-state index contributed by atoms with van der Waals surface area (Å²) in [6.07, 6.45) is 6.21. The monoisotopic (exact) mass is 294 g/mol. The Kier molecular flexibility index (Phi) is 5.06. The van der Waals surface area contributed by atoms with Gasteiger partial charge in [0, 0.05) is 6.42 Å². The first kappa shape index (κ1) is 15.3. The standard InChI is InChI=1S/C16H23ClN2O/c1-12-5-6-13(17)14(9-12)19-15(20)10-16(11-18)7-3-2-4-8-16/h5-6,9H,2-4,7-8,10-11,18H2,1H3,(H,19,20). The van der Waals surface area contributed by atoms with Crippen molar-refractivity contribution in [3.63, 3.8) is 0 Å². The molecule has 3 nitrogen and oxygen atoms in total. The Hall–Kier alpha value is -1.06. The van der Waals surface area contributed by atoms with E-state index in [0.29, 0.717) is 23.7 Å². The van der Waals surface area contributed by atoms with Gasteiger partial charge in [0.25, 0.3) is 0 Å². The number of nitrogens with one attached hydrogen (secondary N) is 1. The molecule has 0 heterocycles. The predicted molar refractivity (Wildman–Crippen MR) is 84.0 cm³/mol. The summed E-state index contributed by atoms with van der Waals surface area (Å²) >= 11 is 6.11. The molecule has 4 heteroatoms. The van der Waals surface area contributed by atoms with Crippen molar-refractivity contribution in [1.29, 1.82) is 0 Å². The Morgan fingerprint density at radius 1 is 1.35 bits per heavy atom. The number of carbonyl (C=O) groups is 1. The zero-order valence-corrected chi connectivity index (χ0v) is 12.8. The second-order valence-corrected chi connectivity index (χ2v) is 6.38. The molecule has 1 fully saturated rings. The molecule has 0 aromatic heterocycles. The lowest BCUT2D eigenvalue weighted by molar-refractivity contribution is -0.118. The van der Waals surface area contributed by atoms with E-state index in [0.717, 1.165) is 18.4 Å². The Morgan fingerprint density at radius 3 is 2.70 bits per heavy atom. The van der Waals surface area contributed by atoms with Crippen LogP contribution in [0.4, 0.5) is 5.69 Å². The highest BCUT2D eigenvalue weighted by Gasteiger charge is 2.33. The van der Waals surface area contributed by atoms with Crippen molar-refractivity contribution in [2.45, 2.75) is 45.4 Å². The third kappa shape index (κ3) is 3.74. The van der Waals surface area contributed by atoms with Crippen LogP contribution in [0.3, 0.4) is 0 Å². The number of nitrogens with two attached hydrogens (primary N) is 1. The number of carbonyl (C=O) groups excluding carboxylic acids is 1. The summed E-state index contributed by atoms with van der Waals surface area (Å²) in [5.41, 5.74) is 7.69. The molecule has 0 bridgehead atoms. The topological polar surface area (TPSA) is 55.1 Å². The number of rotatable bonds is 4. The van der Waals surface area contributed by atoms with E-state index in [1.54, 1.807) is 0 Å². The van der Waals surface area contributed by atoms with Gasteiger partial charge in [-0.05, 0) is 49.4 Å². The van der Waals surface area contributed by atoms with Gasteiger partial charge < -0.3 is 11.1 Å². The molecule has 0 aliphatic heterocycles. The van der Waals surface area contributed by atoms with Crippen LogP contribution in [0.15, 0.2) is 18.2 Å². The van der Waals surface area contributed by atoms with Crippen LogP contribution in [0.2, 0.25) is 5.02 Å². The van der Waals surface area contributed by atoms with E-state index in [4.69, 9.17) is 17.3 Å². The fourth-order valence-corrected chi connectivity index (χ4v) is 3.19. The number of hydrogen-bond donors (Lipinski definition) is 2. The second kappa shape index (κ2) is 6.59. The summed E-state index contributed by atoms with van der Waals surface area (Å²) in [5.74, 6) is 0.0184. The third-order valence-electron chi connectivity index (χ3n) is 4.28. The Balaban J connectivity index is 2.02. The van der Waals surface area contributed by atoms with Gasteiger partial charge in [0.2, 0.25) is 5.91 Å². The fraction of sp³-hybridized carbons (Fsp3) is 0.562. The Bertz CT molecular complexity index is 481. The minimum Gasteiger partial charge on any atom is -0.330 e. The van der Waals surface area contributed by atoms with E-state index in [2.05, 4.69) is 5.32 Å². The van der Waals surface area contributed by atoms with Gasteiger partial charge in [0.15, 0.2) is 0 Å². The second-order valence-electron chi connectivity index (χ2n) is 5.97. The van der Waals surface area contributed by atoms with Crippen molar-refractivity contribution >= 4 is 23.2 Å². The van der Waals surface area contributed by atoms with Crippen molar-refractivity contribution < 1.29 is 4.79 Å². The first-order chi connectivity index (χ1) is 9.54. The van der Waals surface area contributed by atoms with E-state index < -0.39 is 0 Å². The molecular formula is C16H23ClN2O. The maximum absolute atomic E-state index is 12.3. The van der Waals surface area contributed by atoms with Gasteiger partial charge >= 0.3 is 0 Å². The lowest BCUT2D eigenvalue weighted by Crippen LogP contribution is -2.36. The summed E-state index contributed by atoms with van der Waals surface area (Å²) in [4.78, 5) is 12.3. The number of anilines is 1. The molecule has 0 spiro atoms. The normalized spacial score (nSPS) is 17.8. The van der Waals surface area contributed by atoms with Crippen molar-refractivity contribution in [3.05, 3.63) is 28.8 Å². The Morgan fingerprint density at radius 2 is 2.05 bits per heavy atom. The molecule has 0 unspecified atom stereocenters. The zero-order chi connectivity index (χ0) is 14.6. The smallest absolute Gasteiger partial charge is 0.225 e. The van der Waals surface area contributed by atoms with Crippen LogP contribution < -0.4 is 11.1 Å². The SMILES string of the molecule is Cc1ccc(Cl)c(NC(=O)CC2(CN)CCCCC2)c1. The first-order valence-corrected chi connectivity index (χ1v) is 7.69. The lowest BCUT2D eigenvalue weighted by Gasteiger charge is -2.35. The minimum atomic E-state index is -0.0152. The quantitative estimate of drug-likeness (QED) is 0.885. The predicted octanol–water partition coefficient (Wildman–Crippen LogP) is 3.89. The summed E-state index contributed by atoms with van der Waals surface area (Å²) < 4.78 is 0. The van der Waals surface area contributed by atoms with E-state index in [9.17, 15) is 4.79 Å². The van der Waals surface area contributed by atoms with E-state index >= 15 is 0 Å². The van der Waals surface area contributed by atoms with Gasteiger partial charge in [0.05, 0.1) is 10.7 Å². The van der Waals surface area contributed by atoms with Crippen LogP contribution in [0, 0.1) is 12.3 Å². The minimum absolute atomic E-state index is 0.0152. The largest absolute Gasteiger partial charge is 0.330 e. The first-order valence-electron chi connectivity index (χ1n) is 7.31. The van der Waals surface area contributed by atoms with Crippen LogP contribution in [0.25, 0.3) is 0 Å². The highest BCUT2D eigenvalue weighted by Crippen LogP contribution is 2.38. The highest BCUT2D eigenvalue weighted by molar-refractivity contribution is 6.33. The van der Waals surface area contributed by atoms with Gasteiger partial charge in [-0.25, -0.2) is 0 Å². The van der Waals surface area contributed by atoms with Crippen LogP contribution in [-0.4, -0.2) is 12.5 Å². The van der Waals surface area contributed by atoms with Crippen LogP contribution >= 0.6 is 11.6 Å². The molecule has 1 amide bonds. The maximum Gasteiger partial charge on any atom is 0.225 e. The molecule has 20 heavy (non-hydrogen) atoms. The molecule has 1 aromatic rings. The maximum atomic E-state index is 12.3. The number of amides is 1. The fourth-order valence-electron chi connectivity index (χ4n) is 3.02. The van der Waals surface area contributed by atoms with Gasteiger partial charge in [-0.2, -0.15) is 0 Å². The van der Waals surface area contributed by atoms with E-state index in [-0.39, 0.29) is 11.3 Å². The van der Waals surface area contributed by atoms with Crippen molar-refractivity contribution in [2.24, 2.45) is 11.1 Å². The zero-order valence-electron chi connectivity index (χ0n) is 12.0. The summed E-state index contributed by atoms with van der Waals surface area (Å²) in [7, 11) is 0. The molecule has 1 aliphatic carbocycles. The van der Waals surface area contributed by atoms with Crippen molar-refractivity contribution in [2.75, 3.05) is 11.9 Å². The molecule has 1 aromatic carbocycles. The molecule has 1 aliphatic rings. The third-order valence-corrected chi connectivity index (χ3v) is 4.61. The Labute approximate surface area is 125 Å². The molecule has 1 saturated carbocycles. The molecule has 2 rings (SSSR count). The highest BCUT2D eigenvalue weighted by atomic mass is 35.5. The average Bonchev–Trinajstić information content (AvgIpc) is 2.44.